The molecule has 0 unspecified atom stereocenters. The average Bonchev–Trinajstić information content (AvgIpc) is 3.27. The number of anilines is 1. The maximum absolute atomic E-state index is 12.6. The summed E-state index contributed by atoms with van der Waals surface area (Å²) in [4.78, 5) is 12.5. The number of amides is 1. The van der Waals surface area contributed by atoms with Gasteiger partial charge in [0, 0.05) is 19.2 Å². The van der Waals surface area contributed by atoms with Crippen LogP contribution in [-0.4, -0.2) is 21.4 Å². The highest BCUT2D eigenvalue weighted by Crippen LogP contribution is 2.25. The van der Waals surface area contributed by atoms with Gasteiger partial charge in [-0.1, -0.05) is 51.1 Å². The molecule has 3 aromatic rings. The molecular formula is C23H26N2O3S2. The molecule has 0 spiro atoms. The minimum atomic E-state index is -3.59. The van der Waals surface area contributed by atoms with Crippen LogP contribution in [0.15, 0.2) is 70.3 Å². The lowest BCUT2D eigenvalue weighted by Gasteiger charge is -2.19. The van der Waals surface area contributed by atoms with E-state index in [9.17, 15) is 13.2 Å². The van der Waals surface area contributed by atoms with Crippen molar-refractivity contribution >= 4 is 33.0 Å². The lowest BCUT2D eigenvalue weighted by atomic mass is 9.87. The van der Waals surface area contributed by atoms with E-state index < -0.39 is 10.0 Å². The second-order valence-corrected chi connectivity index (χ2v) is 11.2. The van der Waals surface area contributed by atoms with Gasteiger partial charge in [0.25, 0.3) is 15.9 Å². The van der Waals surface area contributed by atoms with Gasteiger partial charge in [-0.15, -0.1) is 11.3 Å². The summed E-state index contributed by atoms with van der Waals surface area (Å²) in [5.74, 6) is -0.204. The third kappa shape index (κ3) is 4.91. The zero-order valence-corrected chi connectivity index (χ0v) is 19.2. The van der Waals surface area contributed by atoms with Crippen LogP contribution in [-0.2, 0) is 22.0 Å². The van der Waals surface area contributed by atoms with Crippen molar-refractivity contribution in [3.63, 3.8) is 0 Å². The van der Waals surface area contributed by atoms with Crippen LogP contribution in [0.4, 0.5) is 5.69 Å². The third-order valence-corrected chi connectivity index (χ3v) is 8.03. The summed E-state index contributed by atoms with van der Waals surface area (Å²) in [5.41, 5.74) is 3.34. The van der Waals surface area contributed by atoms with E-state index >= 15 is 0 Å². The minimum Gasteiger partial charge on any atom is -0.348 e. The maximum atomic E-state index is 12.6. The Labute approximate surface area is 182 Å². The van der Waals surface area contributed by atoms with E-state index in [1.165, 1.54) is 28.3 Å². The molecule has 7 heteroatoms. The number of thiophene rings is 1. The van der Waals surface area contributed by atoms with Gasteiger partial charge in [-0.3, -0.25) is 9.10 Å². The van der Waals surface area contributed by atoms with E-state index in [4.69, 9.17) is 0 Å². The second kappa shape index (κ2) is 8.62. The number of nitrogens with one attached hydrogen (secondary N) is 1. The number of sulfonamides is 1. The Bertz CT molecular complexity index is 1100. The molecule has 3 rings (SSSR count). The summed E-state index contributed by atoms with van der Waals surface area (Å²) >= 11 is 1.17. The van der Waals surface area contributed by atoms with Gasteiger partial charge >= 0.3 is 0 Å². The first-order valence-corrected chi connectivity index (χ1v) is 11.9. The predicted molar refractivity (Wildman–Crippen MR) is 123 cm³/mol. The Balaban J connectivity index is 1.64. The van der Waals surface area contributed by atoms with Crippen molar-refractivity contribution in [3.05, 3.63) is 82.7 Å². The van der Waals surface area contributed by atoms with Crippen LogP contribution in [0.3, 0.4) is 0 Å². The number of carbonyl (C=O) groups is 1. The predicted octanol–water partition coefficient (Wildman–Crippen LogP) is 4.80. The van der Waals surface area contributed by atoms with Gasteiger partial charge in [-0.2, -0.15) is 0 Å². The molecule has 1 amide bonds. The van der Waals surface area contributed by atoms with Gasteiger partial charge < -0.3 is 5.32 Å². The van der Waals surface area contributed by atoms with Crippen molar-refractivity contribution in [2.75, 3.05) is 11.4 Å². The molecule has 0 atom stereocenters. The highest BCUT2D eigenvalue weighted by Gasteiger charge is 2.22. The molecule has 5 nitrogen and oxygen atoms in total. The van der Waals surface area contributed by atoms with Crippen molar-refractivity contribution in [3.8, 4) is 0 Å². The smallest absolute Gasteiger partial charge is 0.273 e. The van der Waals surface area contributed by atoms with Crippen LogP contribution in [0, 0.1) is 0 Å². The fourth-order valence-corrected chi connectivity index (χ4v) is 5.27. The van der Waals surface area contributed by atoms with E-state index in [0.29, 0.717) is 17.8 Å². The summed E-state index contributed by atoms with van der Waals surface area (Å²) in [6, 6.07) is 18.0. The largest absolute Gasteiger partial charge is 0.348 e. The number of benzene rings is 2. The molecule has 0 saturated carbocycles. The summed E-state index contributed by atoms with van der Waals surface area (Å²) in [6.07, 6.45) is 0. The first-order valence-electron chi connectivity index (χ1n) is 9.59. The van der Waals surface area contributed by atoms with Crippen LogP contribution in [0.2, 0.25) is 0 Å². The average molecular weight is 443 g/mol. The quantitative estimate of drug-likeness (QED) is 0.596. The molecule has 0 aliphatic carbocycles. The number of hydrogen-bond acceptors (Lipinski definition) is 4. The molecule has 1 heterocycles. The van der Waals surface area contributed by atoms with Gasteiger partial charge in [0.15, 0.2) is 0 Å². The first kappa shape index (κ1) is 22.1. The maximum Gasteiger partial charge on any atom is 0.273 e. The van der Waals surface area contributed by atoms with Crippen LogP contribution in [0.5, 0.6) is 0 Å². The molecular weight excluding hydrogens is 416 g/mol. The van der Waals surface area contributed by atoms with Crippen molar-refractivity contribution in [2.24, 2.45) is 0 Å². The van der Waals surface area contributed by atoms with Gasteiger partial charge in [-0.05, 0) is 52.3 Å². The first-order chi connectivity index (χ1) is 14.1. The Morgan fingerprint density at radius 2 is 1.63 bits per heavy atom. The van der Waals surface area contributed by atoms with Gasteiger partial charge in [0.2, 0.25) is 0 Å². The molecule has 1 N–H and O–H groups in total. The van der Waals surface area contributed by atoms with Gasteiger partial charge in [0.05, 0.1) is 5.69 Å². The van der Waals surface area contributed by atoms with Crippen LogP contribution in [0.25, 0.3) is 0 Å². The van der Waals surface area contributed by atoms with Crippen molar-refractivity contribution < 1.29 is 13.2 Å². The van der Waals surface area contributed by atoms with E-state index in [1.54, 1.807) is 41.8 Å². The minimum absolute atomic E-state index is 0.0909. The molecule has 1 aromatic heterocycles. The molecule has 0 radical (unpaired) electrons. The van der Waals surface area contributed by atoms with Gasteiger partial charge in [-0.25, -0.2) is 8.42 Å². The van der Waals surface area contributed by atoms with E-state index in [2.05, 4.69) is 38.2 Å². The monoisotopic (exact) mass is 442 g/mol. The molecule has 2 aromatic carbocycles. The highest BCUT2D eigenvalue weighted by molar-refractivity contribution is 7.94. The summed E-state index contributed by atoms with van der Waals surface area (Å²) in [6.45, 7) is 6.92. The summed E-state index contributed by atoms with van der Waals surface area (Å²) in [7, 11) is -2.09. The lowest BCUT2D eigenvalue weighted by molar-refractivity contribution is 0.0951. The topological polar surface area (TPSA) is 66.5 Å². The molecule has 0 bridgehead atoms. The number of carbonyl (C=O) groups excluding carboxylic acids is 1. The van der Waals surface area contributed by atoms with Gasteiger partial charge in [0.1, 0.15) is 4.21 Å². The fraction of sp³-hybridized carbons (Fsp3) is 0.261. The molecule has 158 valence electrons. The van der Waals surface area contributed by atoms with Crippen LogP contribution in [0.1, 0.15) is 42.3 Å². The number of nitrogens with zero attached hydrogens (tertiary/aromatic N) is 1. The Morgan fingerprint density at radius 3 is 2.17 bits per heavy atom. The second-order valence-electron chi connectivity index (χ2n) is 8.08. The molecule has 0 aliphatic rings. The van der Waals surface area contributed by atoms with E-state index in [-0.39, 0.29) is 15.5 Å². The van der Waals surface area contributed by atoms with Crippen molar-refractivity contribution in [2.45, 2.75) is 36.9 Å². The number of hydrogen-bond donors (Lipinski definition) is 1. The highest BCUT2D eigenvalue weighted by atomic mass is 32.2. The van der Waals surface area contributed by atoms with Crippen molar-refractivity contribution in [1.29, 1.82) is 0 Å². The van der Waals surface area contributed by atoms with Crippen LogP contribution < -0.4 is 9.62 Å². The molecule has 0 saturated heterocycles. The third-order valence-electron chi connectivity index (χ3n) is 4.88. The van der Waals surface area contributed by atoms with E-state index in [1.807, 2.05) is 12.1 Å². The zero-order valence-electron chi connectivity index (χ0n) is 17.5. The standard InChI is InChI=1S/C23H26N2O3S2/c1-23(2,3)19-11-7-17(8-12-19)16-24-22(26)18-9-13-20(14-10-18)25(4)30(27,28)21-6-5-15-29-21/h5-15H,16H2,1-4H3,(H,24,26). The molecule has 0 fully saturated rings. The Hall–Kier alpha value is -2.64. The Kier molecular flexibility index (Phi) is 6.33. The fourth-order valence-electron chi connectivity index (χ4n) is 2.91. The van der Waals surface area contributed by atoms with Crippen molar-refractivity contribution in [1.82, 2.24) is 5.32 Å². The van der Waals surface area contributed by atoms with E-state index in [0.717, 1.165) is 5.56 Å². The summed E-state index contributed by atoms with van der Waals surface area (Å²) < 4.78 is 26.7. The molecule has 0 aliphatic heterocycles. The number of rotatable bonds is 6. The molecule has 30 heavy (non-hydrogen) atoms. The lowest BCUT2D eigenvalue weighted by Crippen LogP contribution is -2.26. The summed E-state index contributed by atoms with van der Waals surface area (Å²) in [5, 5.41) is 4.63. The SMILES string of the molecule is CN(c1ccc(C(=O)NCc2ccc(C(C)(C)C)cc2)cc1)S(=O)(=O)c1cccs1. The normalized spacial score (nSPS) is 11.9. The zero-order chi connectivity index (χ0) is 21.9. The van der Waals surface area contributed by atoms with Crippen LogP contribution >= 0.6 is 11.3 Å². The Morgan fingerprint density at radius 1 is 1.00 bits per heavy atom.